The largest absolute Gasteiger partial charge is 0.462 e. The van der Waals surface area contributed by atoms with Crippen LogP contribution in [0.5, 0.6) is 0 Å². The molecule has 27 heavy (non-hydrogen) atoms. The molecule has 1 saturated heterocycles. The molecule has 5 heteroatoms. The summed E-state index contributed by atoms with van der Waals surface area (Å²) in [4.78, 5) is 24.1. The number of hydrogen-bond donors (Lipinski definition) is 1. The van der Waals surface area contributed by atoms with Crippen molar-refractivity contribution in [3.63, 3.8) is 0 Å². The maximum absolute atomic E-state index is 12.4. The molecule has 1 aliphatic carbocycles. The fraction of sp³-hybridized carbons (Fsp3) is 0.636. The van der Waals surface area contributed by atoms with E-state index in [2.05, 4.69) is 25.7 Å². The highest BCUT2D eigenvalue weighted by molar-refractivity contribution is 5.89. The van der Waals surface area contributed by atoms with E-state index in [-0.39, 0.29) is 11.9 Å². The molecular formula is C22H32O5. The van der Waals surface area contributed by atoms with Gasteiger partial charge in [0.15, 0.2) is 0 Å². The Labute approximate surface area is 162 Å². The highest BCUT2D eigenvalue weighted by Gasteiger charge is 2.45. The first kappa shape index (κ1) is 21.4. The van der Waals surface area contributed by atoms with Crippen LogP contribution in [0.3, 0.4) is 0 Å². The van der Waals surface area contributed by atoms with Gasteiger partial charge in [0.05, 0.1) is 5.60 Å². The van der Waals surface area contributed by atoms with Crippen LogP contribution in [-0.4, -0.2) is 34.9 Å². The Balaban J connectivity index is 2.38. The maximum Gasteiger partial charge on any atom is 0.334 e. The predicted molar refractivity (Wildman–Crippen MR) is 104 cm³/mol. The zero-order valence-electron chi connectivity index (χ0n) is 16.9. The third-order valence-electron chi connectivity index (χ3n) is 5.58. The van der Waals surface area contributed by atoms with E-state index >= 15 is 0 Å². The highest BCUT2D eigenvalue weighted by Crippen LogP contribution is 2.37. The molecule has 0 aromatic heterocycles. The van der Waals surface area contributed by atoms with Crippen molar-refractivity contribution < 1.29 is 24.2 Å². The summed E-state index contributed by atoms with van der Waals surface area (Å²) in [6.07, 6.45) is 7.17. The molecule has 0 spiro atoms. The molecular weight excluding hydrogens is 344 g/mol. The molecule has 150 valence electrons. The minimum Gasteiger partial charge on any atom is -0.462 e. The van der Waals surface area contributed by atoms with Crippen molar-refractivity contribution >= 4 is 11.9 Å². The molecule has 0 aromatic carbocycles. The number of aliphatic hydroxyl groups is 1. The summed E-state index contributed by atoms with van der Waals surface area (Å²) in [6, 6.07) is 0. The Morgan fingerprint density at radius 3 is 2.63 bits per heavy atom. The summed E-state index contributed by atoms with van der Waals surface area (Å²) in [5.41, 5.74) is 1.54. The summed E-state index contributed by atoms with van der Waals surface area (Å²) in [5, 5.41) is 11.0. The lowest BCUT2D eigenvalue weighted by Crippen LogP contribution is -2.49. The predicted octanol–water partition coefficient (Wildman–Crippen LogP) is 4.01. The molecule has 1 heterocycles. The van der Waals surface area contributed by atoms with E-state index in [1.54, 1.807) is 6.92 Å². The highest BCUT2D eigenvalue weighted by atomic mass is 16.6. The van der Waals surface area contributed by atoms with E-state index in [4.69, 9.17) is 9.47 Å². The van der Waals surface area contributed by atoms with Gasteiger partial charge in [0.1, 0.15) is 12.2 Å². The van der Waals surface area contributed by atoms with Crippen molar-refractivity contribution in [2.24, 2.45) is 5.92 Å². The van der Waals surface area contributed by atoms with Gasteiger partial charge in [0.2, 0.25) is 0 Å². The number of allylic oxidation sites excluding steroid dienone is 3. The number of ether oxygens (including phenoxy) is 2. The molecule has 2 rings (SSSR count). The number of carbonyl (C=O) groups is 2. The van der Waals surface area contributed by atoms with Crippen molar-refractivity contribution in [1.82, 2.24) is 0 Å². The second kappa shape index (κ2) is 8.87. The van der Waals surface area contributed by atoms with E-state index in [0.717, 1.165) is 18.4 Å². The third kappa shape index (κ3) is 5.80. The van der Waals surface area contributed by atoms with Gasteiger partial charge in [-0.2, -0.15) is 0 Å². The van der Waals surface area contributed by atoms with E-state index in [0.29, 0.717) is 31.3 Å². The van der Waals surface area contributed by atoms with Crippen LogP contribution in [0.1, 0.15) is 66.2 Å². The monoisotopic (exact) mass is 376 g/mol. The molecule has 3 unspecified atom stereocenters. The first-order valence-electron chi connectivity index (χ1n) is 9.70. The zero-order chi connectivity index (χ0) is 20.2. The minimum absolute atomic E-state index is 0.309. The van der Waals surface area contributed by atoms with E-state index in [9.17, 15) is 14.7 Å². The minimum atomic E-state index is -1.15. The lowest BCUT2D eigenvalue weighted by Gasteiger charge is -2.40. The molecule has 5 nitrogen and oxygen atoms in total. The second-order valence-corrected chi connectivity index (χ2v) is 8.15. The van der Waals surface area contributed by atoms with Gasteiger partial charge in [0.25, 0.3) is 0 Å². The van der Waals surface area contributed by atoms with Crippen LogP contribution in [0, 0.1) is 5.92 Å². The summed E-state index contributed by atoms with van der Waals surface area (Å²) in [5.74, 6) is -1.27. The fourth-order valence-electron chi connectivity index (χ4n) is 3.83. The smallest absolute Gasteiger partial charge is 0.334 e. The summed E-state index contributed by atoms with van der Waals surface area (Å²) in [7, 11) is 0. The maximum atomic E-state index is 12.4. The lowest BCUT2D eigenvalue weighted by molar-refractivity contribution is -0.174. The molecule has 1 fully saturated rings. The summed E-state index contributed by atoms with van der Waals surface area (Å²) < 4.78 is 11.1. The number of carbonyl (C=O) groups excluding carboxylic acids is 2. The average Bonchev–Trinajstić information content (AvgIpc) is 2.55. The van der Waals surface area contributed by atoms with Crippen molar-refractivity contribution in [3.8, 4) is 0 Å². The SMILES string of the molecule is C=C1C(=O)OC2CC1C(OC(C)=O)CC(C)=CCCC(C)=CCC[C@]2(C)O. The standard InChI is InChI=1S/C22H32O5/c1-14-8-6-9-15(2)12-19(26-17(4)23)18-13-20(27-21(24)16(18)3)22(5,25)11-7-10-14/h9-10,18-20,25H,3,6-8,11-13H2,1-2,4-5H3/t18?,19?,20?,22-/m0/s1. The Bertz CT molecular complexity index is 656. The van der Waals surface area contributed by atoms with E-state index in [1.807, 2.05) is 6.92 Å². The van der Waals surface area contributed by atoms with E-state index in [1.165, 1.54) is 12.5 Å². The van der Waals surface area contributed by atoms with Gasteiger partial charge >= 0.3 is 11.9 Å². The Morgan fingerprint density at radius 2 is 1.96 bits per heavy atom. The second-order valence-electron chi connectivity index (χ2n) is 8.15. The molecule has 4 atom stereocenters. The zero-order valence-corrected chi connectivity index (χ0v) is 16.9. The third-order valence-corrected chi connectivity index (χ3v) is 5.58. The molecule has 0 amide bonds. The normalized spacial score (nSPS) is 33.3. The van der Waals surface area contributed by atoms with E-state index < -0.39 is 23.8 Å². The van der Waals surface area contributed by atoms with Crippen molar-refractivity contribution in [2.45, 2.75) is 84.0 Å². The molecule has 1 N–H and O–H groups in total. The number of rotatable bonds is 1. The Morgan fingerprint density at radius 1 is 1.30 bits per heavy atom. The summed E-state index contributed by atoms with van der Waals surface area (Å²) >= 11 is 0. The van der Waals surface area contributed by atoms with Crippen LogP contribution >= 0.6 is 0 Å². The van der Waals surface area contributed by atoms with Crippen LogP contribution in [0.25, 0.3) is 0 Å². The molecule has 0 aromatic rings. The molecule has 1 aliphatic heterocycles. The van der Waals surface area contributed by atoms with Gasteiger partial charge in [-0.05, 0) is 52.9 Å². The van der Waals surface area contributed by atoms with Gasteiger partial charge in [-0.15, -0.1) is 0 Å². The van der Waals surface area contributed by atoms with Gasteiger partial charge in [-0.25, -0.2) is 4.79 Å². The molecule has 0 radical (unpaired) electrons. The average molecular weight is 376 g/mol. The Kier molecular flexibility index (Phi) is 7.04. The van der Waals surface area contributed by atoms with Crippen LogP contribution in [0.4, 0.5) is 0 Å². The molecule has 0 saturated carbocycles. The van der Waals surface area contributed by atoms with Crippen LogP contribution < -0.4 is 0 Å². The first-order valence-corrected chi connectivity index (χ1v) is 9.70. The van der Waals surface area contributed by atoms with Crippen molar-refractivity contribution in [1.29, 1.82) is 0 Å². The lowest BCUT2D eigenvalue weighted by atomic mass is 9.78. The number of fused-ring (bicyclic) bond motifs is 2. The number of esters is 2. The first-order chi connectivity index (χ1) is 12.6. The van der Waals surface area contributed by atoms with Gasteiger partial charge in [-0.1, -0.05) is 29.9 Å². The fourth-order valence-corrected chi connectivity index (χ4v) is 3.83. The summed E-state index contributed by atoms with van der Waals surface area (Å²) in [6.45, 7) is 11.1. The van der Waals surface area contributed by atoms with Gasteiger partial charge < -0.3 is 14.6 Å². The van der Waals surface area contributed by atoms with Gasteiger partial charge in [-0.3, -0.25) is 4.79 Å². The van der Waals surface area contributed by atoms with Crippen LogP contribution in [-0.2, 0) is 19.1 Å². The quantitative estimate of drug-likeness (QED) is 0.425. The topological polar surface area (TPSA) is 72.8 Å². The molecule has 2 bridgehead atoms. The van der Waals surface area contributed by atoms with Gasteiger partial charge in [0, 0.05) is 24.8 Å². The Hall–Kier alpha value is -1.88. The molecule has 2 aliphatic rings. The van der Waals surface area contributed by atoms with Crippen LogP contribution in [0.2, 0.25) is 0 Å². The van der Waals surface area contributed by atoms with Crippen molar-refractivity contribution in [2.75, 3.05) is 0 Å². The number of hydrogen-bond acceptors (Lipinski definition) is 5. The van der Waals surface area contributed by atoms with Crippen LogP contribution in [0.15, 0.2) is 35.5 Å². The van der Waals surface area contributed by atoms with Crippen molar-refractivity contribution in [3.05, 3.63) is 35.5 Å².